The van der Waals surface area contributed by atoms with Gasteiger partial charge in [-0.15, -0.1) is 0 Å². The number of hydrogen-bond donors (Lipinski definition) is 0. The summed E-state index contributed by atoms with van der Waals surface area (Å²) in [5, 5.41) is 5.85. The number of aromatic nitrogens is 2. The number of azide groups is 1. The van der Waals surface area contributed by atoms with Gasteiger partial charge < -0.3 is 4.52 Å². The fourth-order valence-electron chi connectivity index (χ4n) is 0.351. The van der Waals surface area contributed by atoms with Gasteiger partial charge >= 0.3 is 11.8 Å². The lowest BCUT2D eigenvalue weighted by Crippen LogP contribution is -1.91. The van der Waals surface area contributed by atoms with Gasteiger partial charge in [-0.05, 0) is 10.6 Å². The molecular formula is C3HN5O2. The molecule has 0 saturated carbocycles. The topological polar surface area (TPSA) is 105 Å². The maximum Gasteiger partial charge on any atom is 0.306 e. The first-order valence-corrected chi connectivity index (χ1v) is 2.20. The molecule has 0 aliphatic carbocycles. The molecular weight excluding hydrogens is 138 g/mol. The van der Waals surface area contributed by atoms with Crippen LogP contribution in [0.25, 0.3) is 10.4 Å². The van der Waals surface area contributed by atoms with Crippen molar-refractivity contribution >= 4 is 5.91 Å². The van der Waals surface area contributed by atoms with E-state index in [1.165, 1.54) is 0 Å². The van der Waals surface area contributed by atoms with Crippen molar-refractivity contribution in [3.63, 3.8) is 0 Å². The van der Waals surface area contributed by atoms with Crippen molar-refractivity contribution in [1.29, 1.82) is 0 Å². The second-order valence-corrected chi connectivity index (χ2v) is 1.24. The molecule has 1 amide bonds. The maximum absolute atomic E-state index is 10.5. The third-order valence-corrected chi connectivity index (χ3v) is 0.680. The Morgan fingerprint density at radius 2 is 2.70 bits per heavy atom. The SMILES string of the molecule is [N-]=[N+]=NC(=O)c1ncno1. The van der Waals surface area contributed by atoms with E-state index in [1.807, 2.05) is 0 Å². The van der Waals surface area contributed by atoms with Crippen molar-refractivity contribution in [1.82, 2.24) is 10.1 Å². The van der Waals surface area contributed by atoms with Crippen LogP contribution in [0.4, 0.5) is 0 Å². The van der Waals surface area contributed by atoms with Gasteiger partial charge in [0.2, 0.25) is 0 Å². The number of rotatable bonds is 1. The Morgan fingerprint density at radius 3 is 3.20 bits per heavy atom. The summed E-state index contributed by atoms with van der Waals surface area (Å²) in [6.07, 6.45) is 1.04. The third-order valence-electron chi connectivity index (χ3n) is 0.680. The molecule has 0 fully saturated rings. The molecule has 1 rings (SSSR count). The van der Waals surface area contributed by atoms with Crippen molar-refractivity contribution in [2.24, 2.45) is 5.11 Å². The zero-order valence-electron chi connectivity index (χ0n) is 4.63. The smallest absolute Gasteiger partial charge is 0.306 e. The fourth-order valence-corrected chi connectivity index (χ4v) is 0.351. The van der Waals surface area contributed by atoms with Crippen LogP contribution in [0, 0.1) is 0 Å². The van der Waals surface area contributed by atoms with E-state index in [-0.39, 0.29) is 5.89 Å². The minimum absolute atomic E-state index is 0.308. The Bertz CT molecular complexity index is 271. The molecule has 7 heteroatoms. The molecule has 0 bridgehead atoms. The molecule has 0 atom stereocenters. The predicted molar refractivity (Wildman–Crippen MR) is 27.8 cm³/mol. The van der Waals surface area contributed by atoms with Gasteiger partial charge in [0, 0.05) is 4.91 Å². The average molecular weight is 139 g/mol. The van der Waals surface area contributed by atoms with Gasteiger partial charge in [-0.1, -0.05) is 5.16 Å². The molecule has 0 radical (unpaired) electrons. The fraction of sp³-hybridized carbons (Fsp3) is 0. The van der Waals surface area contributed by atoms with Crippen molar-refractivity contribution in [3.8, 4) is 0 Å². The van der Waals surface area contributed by atoms with Gasteiger partial charge in [-0.2, -0.15) is 4.98 Å². The molecule has 1 heterocycles. The van der Waals surface area contributed by atoms with E-state index in [0.717, 1.165) is 6.33 Å². The lowest BCUT2D eigenvalue weighted by molar-refractivity contribution is 0.0958. The van der Waals surface area contributed by atoms with Gasteiger partial charge in [0.05, 0.1) is 0 Å². The van der Waals surface area contributed by atoms with Gasteiger partial charge in [0.15, 0.2) is 6.33 Å². The molecule has 0 aliphatic heterocycles. The second-order valence-electron chi connectivity index (χ2n) is 1.24. The van der Waals surface area contributed by atoms with Crippen LogP contribution < -0.4 is 0 Å². The molecule has 1 aromatic heterocycles. The first kappa shape index (κ1) is 6.24. The molecule has 10 heavy (non-hydrogen) atoms. The highest BCUT2D eigenvalue weighted by atomic mass is 16.5. The summed E-state index contributed by atoms with van der Waals surface area (Å²) >= 11 is 0. The lowest BCUT2D eigenvalue weighted by atomic mass is 10.6. The van der Waals surface area contributed by atoms with E-state index in [0.29, 0.717) is 0 Å². The summed E-state index contributed by atoms with van der Waals surface area (Å²) in [6.45, 7) is 0. The molecule has 0 saturated heterocycles. The number of carbonyl (C=O) groups is 1. The normalized spacial score (nSPS) is 8.40. The van der Waals surface area contributed by atoms with Crippen LogP contribution in [0.3, 0.4) is 0 Å². The van der Waals surface area contributed by atoms with Crippen molar-refractivity contribution < 1.29 is 9.32 Å². The number of nitrogens with zero attached hydrogens (tertiary/aromatic N) is 5. The summed E-state index contributed by atoms with van der Waals surface area (Å²) < 4.78 is 4.27. The Hall–Kier alpha value is -1.88. The Labute approximate surface area is 54.3 Å². The van der Waals surface area contributed by atoms with E-state index >= 15 is 0 Å². The van der Waals surface area contributed by atoms with Crippen molar-refractivity contribution in [2.45, 2.75) is 0 Å². The van der Waals surface area contributed by atoms with E-state index in [9.17, 15) is 4.79 Å². The molecule has 1 aromatic rings. The highest BCUT2D eigenvalue weighted by Gasteiger charge is 2.07. The van der Waals surface area contributed by atoms with Gasteiger partial charge in [-0.25, -0.2) is 0 Å². The molecule has 50 valence electrons. The molecule has 0 aliphatic rings. The van der Waals surface area contributed by atoms with Gasteiger partial charge in [-0.3, -0.25) is 4.79 Å². The number of hydrogen-bond acceptors (Lipinski definition) is 4. The first-order chi connectivity index (χ1) is 4.84. The summed E-state index contributed by atoms with van der Waals surface area (Å²) in [5.74, 6) is -1.18. The van der Waals surface area contributed by atoms with Crippen LogP contribution in [0.1, 0.15) is 10.7 Å². The Kier molecular flexibility index (Phi) is 1.63. The number of carbonyl (C=O) groups excluding carboxylic acids is 1. The van der Waals surface area contributed by atoms with Crippen molar-refractivity contribution in [3.05, 3.63) is 22.7 Å². The quantitative estimate of drug-likeness (QED) is 0.321. The first-order valence-electron chi connectivity index (χ1n) is 2.20. The van der Waals surface area contributed by atoms with E-state index in [2.05, 4.69) is 24.7 Å². The number of amides is 1. The van der Waals surface area contributed by atoms with Crippen molar-refractivity contribution in [2.75, 3.05) is 0 Å². The summed E-state index contributed by atoms with van der Waals surface area (Å²) in [6, 6.07) is 0. The van der Waals surface area contributed by atoms with Crippen LogP contribution in [0.15, 0.2) is 16.0 Å². The second kappa shape index (κ2) is 2.60. The zero-order chi connectivity index (χ0) is 7.40. The molecule has 0 spiro atoms. The van der Waals surface area contributed by atoms with Gasteiger partial charge in [0.25, 0.3) is 0 Å². The predicted octanol–water partition coefficient (Wildman–Crippen LogP) is 0.520. The zero-order valence-corrected chi connectivity index (χ0v) is 4.63. The lowest BCUT2D eigenvalue weighted by Gasteiger charge is -1.76. The molecule has 7 nitrogen and oxygen atoms in total. The van der Waals surface area contributed by atoms with Crippen LogP contribution in [-0.2, 0) is 0 Å². The van der Waals surface area contributed by atoms with Crippen LogP contribution in [-0.4, -0.2) is 16.0 Å². The minimum Gasteiger partial charge on any atom is -0.331 e. The van der Waals surface area contributed by atoms with Gasteiger partial charge in [0.1, 0.15) is 0 Å². The molecule has 0 unspecified atom stereocenters. The summed E-state index contributed by atoms with van der Waals surface area (Å²) in [5.41, 5.74) is 7.78. The third kappa shape index (κ3) is 1.09. The largest absolute Gasteiger partial charge is 0.331 e. The highest BCUT2D eigenvalue weighted by Crippen LogP contribution is 1.93. The van der Waals surface area contributed by atoms with E-state index in [4.69, 9.17) is 5.53 Å². The highest BCUT2D eigenvalue weighted by molar-refractivity contribution is 5.89. The standard InChI is InChI=1S/C3HN5O2/c4-8-7-2(9)3-5-1-6-10-3/h1H. The minimum atomic E-state index is -0.875. The summed E-state index contributed by atoms with van der Waals surface area (Å²) in [4.78, 5) is 16.1. The average Bonchev–Trinajstić information content (AvgIpc) is 2.38. The van der Waals surface area contributed by atoms with Crippen LogP contribution in [0.5, 0.6) is 0 Å². The van der Waals surface area contributed by atoms with E-state index < -0.39 is 5.91 Å². The Morgan fingerprint density at radius 1 is 1.90 bits per heavy atom. The summed E-state index contributed by atoms with van der Waals surface area (Å²) in [7, 11) is 0. The Balaban J connectivity index is 2.87. The van der Waals surface area contributed by atoms with Crippen LogP contribution in [0.2, 0.25) is 0 Å². The monoisotopic (exact) mass is 139 g/mol. The van der Waals surface area contributed by atoms with E-state index in [1.54, 1.807) is 0 Å². The van der Waals surface area contributed by atoms with Crippen LogP contribution >= 0.6 is 0 Å². The molecule has 0 N–H and O–H groups in total. The maximum atomic E-state index is 10.5. The molecule has 0 aromatic carbocycles.